The van der Waals surface area contributed by atoms with Crippen LogP contribution in [0.2, 0.25) is 0 Å². The number of carbonyl (C=O) groups excluding carboxylic acids is 2. The van der Waals surface area contributed by atoms with Crippen LogP contribution < -0.4 is 5.32 Å². The third-order valence-electron chi connectivity index (χ3n) is 5.28. The molecular formula is C25H26N4O2S. The fourth-order valence-corrected chi connectivity index (χ4v) is 4.41. The van der Waals surface area contributed by atoms with E-state index in [1.54, 1.807) is 18.0 Å². The largest absolute Gasteiger partial charge is 0.336 e. The van der Waals surface area contributed by atoms with E-state index in [1.807, 2.05) is 71.6 Å². The Morgan fingerprint density at radius 3 is 2.44 bits per heavy atom. The van der Waals surface area contributed by atoms with Gasteiger partial charge >= 0.3 is 0 Å². The fourth-order valence-electron chi connectivity index (χ4n) is 3.60. The molecule has 0 bridgehead atoms. The predicted molar refractivity (Wildman–Crippen MR) is 128 cm³/mol. The number of hydrogen-bond donors (Lipinski definition) is 1. The molecule has 0 spiro atoms. The smallest absolute Gasteiger partial charge is 0.253 e. The molecule has 0 radical (unpaired) electrons. The van der Waals surface area contributed by atoms with E-state index >= 15 is 0 Å². The summed E-state index contributed by atoms with van der Waals surface area (Å²) in [5.74, 6) is 0.801. The number of benzene rings is 2. The van der Waals surface area contributed by atoms with Crippen molar-refractivity contribution in [2.75, 3.05) is 38.0 Å². The average molecular weight is 447 g/mol. The van der Waals surface area contributed by atoms with Crippen molar-refractivity contribution < 1.29 is 9.59 Å². The molecule has 2 aromatic carbocycles. The van der Waals surface area contributed by atoms with Gasteiger partial charge < -0.3 is 10.2 Å². The number of rotatable bonds is 7. The first-order chi connectivity index (χ1) is 15.7. The predicted octanol–water partition coefficient (Wildman–Crippen LogP) is 3.77. The number of anilines is 1. The van der Waals surface area contributed by atoms with Crippen LogP contribution in [0.25, 0.3) is 0 Å². The van der Waals surface area contributed by atoms with Gasteiger partial charge in [-0.15, -0.1) is 11.8 Å². The molecule has 1 saturated heterocycles. The molecule has 0 atom stereocenters. The Balaban J connectivity index is 1.23. The Labute approximate surface area is 192 Å². The summed E-state index contributed by atoms with van der Waals surface area (Å²) in [7, 11) is 0. The molecule has 0 aliphatic carbocycles. The van der Waals surface area contributed by atoms with Gasteiger partial charge in [0.1, 0.15) is 0 Å². The zero-order chi connectivity index (χ0) is 22.2. The molecule has 0 saturated carbocycles. The lowest BCUT2D eigenvalue weighted by molar-refractivity contribution is -0.117. The van der Waals surface area contributed by atoms with Gasteiger partial charge in [-0.3, -0.25) is 14.5 Å². The van der Waals surface area contributed by atoms with Crippen LogP contribution in [-0.2, 0) is 10.5 Å². The first-order valence-corrected chi connectivity index (χ1v) is 11.7. The average Bonchev–Trinajstić information content (AvgIpc) is 2.84. The Morgan fingerprint density at radius 2 is 1.69 bits per heavy atom. The highest BCUT2D eigenvalue weighted by molar-refractivity contribution is 7.98. The highest BCUT2D eigenvalue weighted by Gasteiger charge is 2.23. The maximum atomic E-state index is 12.6. The van der Waals surface area contributed by atoms with E-state index < -0.39 is 0 Å². The standard InChI is InChI=1S/C25H26N4O2S/c30-23(18-28-13-15-29(16-14-28)25(31)21-8-2-1-3-9-21)27-22-10-6-7-20(17-22)19-32-24-11-4-5-12-26-24/h1-12,17H,13-16,18-19H2,(H,27,30). The van der Waals surface area contributed by atoms with E-state index in [0.29, 0.717) is 38.3 Å². The molecule has 1 aromatic heterocycles. The van der Waals surface area contributed by atoms with Crippen molar-refractivity contribution in [1.29, 1.82) is 0 Å². The molecule has 1 aliphatic rings. The Hall–Kier alpha value is -3.16. The van der Waals surface area contributed by atoms with E-state index in [-0.39, 0.29) is 11.8 Å². The molecule has 0 unspecified atom stereocenters. The topological polar surface area (TPSA) is 65.5 Å². The van der Waals surface area contributed by atoms with Gasteiger partial charge in [0.25, 0.3) is 5.91 Å². The molecular weight excluding hydrogens is 420 g/mol. The summed E-state index contributed by atoms with van der Waals surface area (Å²) in [4.78, 5) is 33.4. The normalized spacial score (nSPS) is 14.2. The molecule has 1 N–H and O–H groups in total. The van der Waals surface area contributed by atoms with Crippen LogP contribution in [0.5, 0.6) is 0 Å². The molecule has 3 aromatic rings. The molecule has 2 heterocycles. The van der Waals surface area contributed by atoms with Gasteiger partial charge in [0.05, 0.1) is 11.6 Å². The van der Waals surface area contributed by atoms with Gasteiger partial charge in [0.2, 0.25) is 5.91 Å². The van der Waals surface area contributed by atoms with Crippen molar-refractivity contribution in [2.45, 2.75) is 10.8 Å². The third-order valence-corrected chi connectivity index (χ3v) is 6.30. The van der Waals surface area contributed by atoms with Crippen LogP contribution in [0.4, 0.5) is 5.69 Å². The third kappa shape index (κ3) is 6.18. The lowest BCUT2D eigenvalue weighted by Crippen LogP contribution is -2.50. The summed E-state index contributed by atoms with van der Waals surface area (Å²) in [6.07, 6.45) is 1.79. The van der Waals surface area contributed by atoms with Crippen LogP contribution >= 0.6 is 11.8 Å². The summed E-state index contributed by atoms with van der Waals surface area (Å²) in [6, 6.07) is 23.1. The summed E-state index contributed by atoms with van der Waals surface area (Å²) >= 11 is 1.67. The first kappa shape index (κ1) is 22.0. The molecule has 7 heteroatoms. The van der Waals surface area contributed by atoms with E-state index in [4.69, 9.17) is 0 Å². The number of piperazine rings is 1. The highest BCUT2D eigenvalue weighted by Crippen LogP contribution is 2.22. The Morgan fingerprint density at radius 1 is 0.906 bits per heavy atom. The number of thioether (sulfide) groups is 1. The second-order valence-electron chi connectivity index (χ2n) is 7.64. The maximum Gasteiger partial charge on any atom is 0.253 e. The molecule has 1 aliphatic heterocycles. The monoisotopic (exact) mass is 446 g/mol. The molecule has 4 rings (SSSR count). The zero-order valence-electron chi connectivity index (χ0n) is 17.8. The highest BCUT2D eigenvalue weighted by atomic mass is 32.2. The van der Waals surface area contributed by atoms with Gasteiger partial charge in [-0.25, -0.2) is 4.98 Å². The minimum atomic E-state index is -0.0395. The van der Waals surface area contributed by atoms with E-state index in [1.165, 1.54) is 0 Å². The van der Waals surface area contributed by atoms with Gasteiger partial charge in [0.15, 0.2) is 0 Å². The number of pyridine rings is 1. The quantitative estimate of drug-likeness (QED) is 0.560. The summed E-state index contributed by atoms with van der Waals surface area (Å²) in [5.41, 5.74) is 2.64. The molecule has 2 amide bonds. The van der Waals surface area contributed by atoms with Gasteiger partial charge in [-0.2, -0.15) is 0 Å². The van der Waals surface area contributed by atoms with Crippen LogP contribution in [0.3, 0.4) is 0 Å². The lowest BCUT2D eigenvalue weighted by atomic mass is 10.2. The lowest BCUT2D eigenvalue weighted by Gasteiger charge is -2.34. The van der Waals surface area contributed by atoms with Crippen LogP contribution in [0, 0.1) is 0 Å². The molecule has 164 valence electrons. The second-order valence-corrected chi connectivity index (χ2v) is 8.64. The van der Waals surface area contributed by atoms with E-state index in [0.717, 1.165) is 22.0 Å². The number of nitrogens with one attached hydrogen (secondary N) is 1. The summed E-state index contributed by atoms with van der Waals surface area (Å²) < 4.78 is 0. The Bertz CT molecular complexity index is 1040. The number of carbonyl (C=O) groups is 2. The van der Waals surface area contributed by atoms with Gasteiger partial charge in [0, 0.05) is 49.4 Å². The minimum Gasteiger partial charge on any atom is -0.336 e. The van der Waals surface area contributed by atoms with E-state index in [9.17, 15) is 9.59 Å². The summed E-state index contributed by atoms with van der Waals surface area (Å²) in [5, 5.41) is 3.98. The number of amides is 2. The maximum absolute atomic E-state index is 12.6. The molecule has 32 heavy (non-hydrogen) atoms. The number of hydrogen-bond acceptors (Lipinski definition) is 5. The van der Waals surface area contributed by atoms with Crippen molar-refractivity contribution in [2.24, 2.45) is 0 Å². The van der Waals surface area contributed by atoms with Crippen molar-refractivity contribution in [1.82, 2.24) is 14.8 Å². The van der Waals surface area contributed by atoms with Gasteiger partial charge in [-0.05, 0) is 42.0 Å². The van der Waals surface area contributed by atoms with Gasteiger partial charge in [-0.1, -0.05) is 36.4 Å². The van der Waals surface area contributed by atoms with Crippen LogP contribution in [0.15, 0.2) is 84.0 Å². The van der Waals surface area contributed by atoms with Crippen LogP contribution in [0.1, 0.15) is 15.9 Å². The van der Waals surface area contributed by atoms with Crippen molar-refractivity contribution in [3.8, 4) is 0 Å². The molecule has 6 nitrogen and oxygen atoms in total. The fraction of sp³-hybridized carbons (Fsp3) is 0.240. The molecule has 1 fully saturated rings. The second kappa shape index (κ2) is 10.9. The van der Waals surface area contributed by atoms with Crippen molar-refractivity contribution >= 4 is 29.3 Å². The SMILES string of the molecule is O=C(CN1CCN(C(=O)c2ccccc2)CC1)Nc1cccc(CSc2ccccn2)c1. The van der Waals surface area contributed by atoms with Crippen molar-refractivity contribution in [3.05, 3.63) is 90.1 Å². The zero-order valence-corrected chi connectivity index (χ0v) is 18.6. The van der Waals surface area contributed by atoms with Crippen LogP contribution in [-0.4, -0.2) is 59.3 Å². The summed E-state index contributed by atoms with van der Waals surface area (Å²) in [6.45, 7) is 2.95. The first-order valence-electron chi connectivity index (χ1n) is 10.7. The van der Waals surface area contributed by atoms with Crippen molar-refractivity contribution in [3.63, 3.8) is 0 Å². The van der Waals surface area contributed by atoms with E-state index in [2.05, 4.69) is 21.3 Å². The number of aromatic nitrogens is 1. The number of nitrogens with zero attached hydrogens (tertiary/aromatic N) is 3. The Kier molecular flexibility index (Phi) is 7.53. The minimum absolute atomic E-state index is 0.0395.